The summed E-state index contributed by atoms with van der Waals surface area (Å²) >= 11 is 7.21. The molecule has 1 aromatic rings. The van der Waals surface area contributed by atoms with Gasteiger partial charge in [-0.15, -0.1) is 11.6 Å². The van der Waals surface area contributed by atoms with Gasteiger partial charge in [0.2, 0.25) is 10.0 Å². The number of thioether (sulfide) groups is 1. The van der Waals surface area contributed by atoms with E-state index in [-0.39, 0.29) is 10.9 Å². The number of sulfonamides is 1. The Balaban J connectivity index is 2.90. The van der Waals surface area contributed by atoms with E-state index >= 15 is 0 Å². The van der Waals surface area contributed by atoms with E-state index in [1.165, 1.54) is 21.4 Å². The molecule has 8 heteroatoms. The SMILES string of the molecule is CSCC(C)N(C)S(=O)(=O)c1cnn(CCCl)c1. The average molecular weight is 312 g/mol. The van der Waals surface area contributed by atoms with Crippen LogP contribution in [-0.2, 0) is 16.6 Å². The first-order chi connectivity index (χ1) is 8.43. The van der Waals surface area contributed by atoms with Crippen LogP contribution in [0.4, 0.5) is 0 Å². The number of hydrogen-bond acceptors (Lipinski definition) is 4. The van der Waals surface area contributed by atoms with Gasteiger partial charge in [0.1, 0.15) is 4.90 Å². The Morgan fingerprint density at radius 3 is 2.83 bits per heavy atom. The third kappa shape index (κ3) is 3.63. The molecule has 1 atom stereocenters. The molecule has 18 heavy (non-hydrogen) atoms. The first kappa shape index (κ1) is 15.8. The highest BCUT2D eigenvalue weighted by Gasteiger charge is 2.26. The van der Waals surface area contributed by atoms with Gasteiger partial charge in [0, 0.05) is 30.9 Å². The first-order valence-electron chi connectivity index (χ1n) is 5.49. The minimum atomic E-state index is -3.46. The van der Waals surface area contributed by atoms with Gasteiger partial charge in [0.15, 0.2) is 0 Å². The molecule has 0 aromatic carbocycles. The van der Waals surface area contributed by atoms with Crippen molar-refractivity contribution >= 4 is 33.4 Å². The summed E-state index contributed by atoms with van der Waals surface area (Å²) in [6.45, 7) is 2.39. The van der Waals surface area contributed by atoms with Crippen molar-refractivity contribution in [2.24, 2.45) is 0 Å². The van der Waals surface area contributed by atoms with Gasteiger partial charge in [-0.2, -0.15) is 21.2 Å². The van der Waals surface area contributed by atoms with Crippen LogP contribution < -0.4 is 0 Å². The Bertz CT molecular complexity index is 475. The van der Waals surface area contributed by atoms with Crippen molar-refractivity contribution in [3.05, 3.63) is 12.4 Å². The summed E-state index contributed by atoms with van der Waals surface area (Å²) in [7, 11) is -1.87. The minimum Gasteiger partial charge on any atom is -0.270 e. The summed E-state index contributed by atoms with van der Waals surface area (Å²) in [6, 6.07) is -0.0543. The highest BCUT2D eigenvalue weighted by atomic mass is 35.5. The van der Waals surface area contributed by atoms with Crippen LogP contribution in [0.1, 0.15) is 6.92 Å². The lowest BCUT2D eigenvalue weighted by molar-refractivity contribution is 0.415. The van der Waals surface area contributed by atoms with Gasteiger partial charge < -0.3 is 0 Å². The van der Waals surface area contributed by atoms with Crippen LogP contribution in [0.2, 0.25) is 0 Å². The van der Waals surface area contributed by atoms with Gasteiger partial charge in [0.05, 0.1) is 12.7 Å². The zero-order valence-electron chi connectivity index (χ0n) is 10.7. The quantitative estimate of drug-likeness (QED) is 0.716. The number of nitrogens with zero attached hydrogens (tertiary/aromatic N) is 3. The van der Waals surface area contributed by atoms with Gasteiger partial charge in [-0.05, 0) is 13.2 Å². The highest BCUT2D eigenvalue weighted by Crippen LogP contribution is 2.17. The van der Waals surface area contributed by atoms with E-state index < -0.39 is 10.0 Å². The standard InChI is InChI=1S/C10H18ClN3O2S2/c1-9(8-17-3)13(2)18(15,16)10-6-12-14(7-10)5-4-11/h6-7,9H,4-5,8H2,1-3H3. The molecule has 0 spiro atoms. The topological polar surface area (TPSA) is 55.2 Å². The van der Waals surface area contributed by atoms with E-state index in [1.807, 2.05) is 13.2 Å². The van der Waals surface area contributed by atoms with Crippen molar-refractivity contribution in [1.82, 2.24) is 14.1 Å². The van der Waals surface area contributed by atoms with Gasteiger partial charge in [0.25, 0.3) is 0 Å². The largest absolute Gasteiger partial charge is 0.270 e. The molecule has 1 rings (SSSR count). The average Bonchev–Trinajstić information content (AvgIpc) is 2.78. The number of aromatic nitrogens is 2. The van der Waals surface area contributed by atoms with E-state index in [0.29, 0.717) is 12.4 Å². The molecule has 104 valence electrons. The van der Waals surface area contributed by atoms with Crippen molar-refractivity contribution < 1.29 is 8.42 Å². The summed E-state index contributed by atoms with van der Waals surface area (Å²) in [4.78, 5) is 0.211. The maximum absolute atomic E-state index is 12.3. The van der Waals surface area contributed by atoms with Crippen molar-refractivity contribution in [3.63, 3.8) is 0 Å². The van der Waals surface area contributed by atoms with Crippen LogP contribution in [0, 0.1) is 0 Å². The molecule has 0 aliphatic heterocycles. The van der Waals surface area contributed by atoms with Crippen molar-refractivity contribution in [2.75, 3.05) is 24.9 Å². The lowest BCUT2D eigenvalue weighted by Gasteiger charge is -2.22. The Hall–Kier alpha value is -0.240. The van der Waals surface area contributed by atoms with Crippen molar-refractivity contribution in [1.29, 1.82) is 0 Å². The Morgan fingerprint density at radius 2 is 2.28 bits per heavy atom. The normalized spacial score (nSPS) is 14.1. The maximum Gasteiger partial charge on any atom is 0.246 e. The summed E-state index contributed by atoms with van der Waals surface area (Å²) < 4.78 is 27.5. The second-order valence-corrected chi connectivity index (χ2v) is 7.24. The summed E-state index contributed by atoms with van der Waals surface area (Å²) in [5, 5.41) is 3.98. The maximum atomic E-state index is 12.3. The van der Waals surface area contributed by atoms with Crippen LogP contribution >= 0.6 is 23.4 Å². The lowest BCUT2D eigenvalue weighted by atomic mass is 10.4. The molecular formula is C10H18ClN3O2S2. The van der Waals surface area contributed by atoms with Gasteiger partial charge in [-0.1, -0.05) is 0 Å². The fraction of sp³-hybridized carbons (Fsp3) is 0.700. The molecular weight excluding hydrogens is 294 g/mol. The molecule has 1 unspecified atom stereocenters. The Kier molecular flexibility index (Phi) is 5.97. The summed E-state index contributed by atoms with van der Waals surface area (Å²) in [6.07, 6.45) is 4.83. The fourth-order valence-corrected chi connectivity index (χ4v) is 3.73. The second-order valence-electron chi connectivity index (χ2n) is 3.95. The lowest BCUT2D eigenvalue weighted by Crippen LogP contribution is -2.36. The minimum absolute atomic E-state index is 0.0543. The molecule has 0 radical (unpaired) electrons. The van der Waals surface area contributed by atoms with Gasteiger partial charge in [-0.25, -0.2) is 8.42 Å². The third-order valence-electron chi connectivity index (χ3n) is 2.63. The van der Waals surface area contributed by atoms with Crippen LogP contribution in [0.3, 0.4) is 0 Å². The summed E-state index contributed by atoms with van der Waals surface area (Å²) in [5.41, 5.74) is 0. The predicted octanol–water partition coefficient (Wildman–Crippen LogP) is 1.49. The molecule has 0 aliphatic rings. The van der Waals surface area contributed by atoms with Crippen LogP contribution in [0.15, 0.2) is 17.3 Å². The van der Waals surface area contributed by atoms with Gasteiger partial charge in [-0.3, -0.25) is 4.68 Å². The molecule has 0 amide bonds. The predicted molar refractivity (Wildman–Crippen MR) is 75.7 cm³/mol. The molecule has 1 aromatic heterocycles. The molecule has 0 fully saturated rings. The van der Waals surface area contributed by atoms with Crippen LogP contribution in [-0.4, -0.2) is 53.5 Å². The molecule has 0 aliphatic carbocycles. The van der Waals surface area contributed by atoms with Crippen LogP contribution in [0.25, 0.3) is 0 Å². The van der Waals surface area contributed by atoms with Crippen molar-refractivity contribution in [3.8, 4) is 0 Å². The van der Waals surface area contributed by atoms with E-state index in [4.69, 9.17) is 11.6 Å². The zero-order chi connectivity index (χ0) is 13.8. The number of alkyl halides is 1. The van der Waals surface area contributed by atoms with E-state index in [0.717, 1.165) is 5.75 Å². The molecule has 1 heterocycles. The molecule has 0 saturated carbocycles. The Morgan fingerprint density at radius 1 is 1.61 bits per heavy atom. The fourth-order valence-electron chi connectivity index (χ4n) is 1.44. The molecule has 0 N–H and O–H groups in total. The van der Waals surface area contributed by atoms with E-state index in [9.17, 15) is 8.42 Å². The zero-order valence-corrected chi connectivity index (χ0v) is 13.1. The first-order valence-corrected chi connectivity index (χ1v) is 8.85. The number of hydrogen-bond donors (Lipinski definition) is 0. The molecule has 5 nitrogen and oxygen atoms in total. The monoisotopic (exact) mass is 311 g/mol. The van der Waals surface area contributed by atoms with Crippen molar-refractivity contribution in [2.45, 2.75) is 24.4 Å². The third-order valence-corrected chi connectivity index (χ3v) is 5.54. The van der Waals surface area contributed by atoms with E-state index in [1.54, 1.807) is 18.8 Å². The smallest absolute Gasteiger partial charge is 0.246 e. The van der Waals surface area contributed by atoms with Crippen LogP contribution in [0.5, 0.6) is 0 Å². The Labute approximate surface area is 118 Å². The number of rotatable bonds is 7. The number of aryl methyl sites for hydroxylation is 1. The number of halogens is 1. The summed E-state index contributed by atoms with van der Waals surface area (Å²) in [5.74, 6) is 1.16. The molecule has 0 saturated heterocycles. The second kappa shape index (κ2) is 6.79. The highest BCUT2D eigenvalue weighted by molar-refractivity contribution is 7.98. The van der Waals surface area contributed by atoms with E-state index in [2.05, 4.69) is 5.10 Å². The van der Waals surface area contributed by atoms with Gasteiger partial charge >= 0.3 is 0 Å². The molecule has 0 bridgehead atoms.